The van der Waals surface area contributed by atoms with Gasteiger partial charge in [-0.15, -0.1) is 0 Å². The molecular formula is C17H17IN2O3. The third-order valence-corrected chi connectivity index (χ3v) is 3.76. The summed E-state index contributed by atoms with van der Waals surface area (Å²) in [6, 6.07) is 14.9. The quantitative estimate of drug-likeness (QED) is 0.440. The van der Waals surface area contributed by atoms with Crippen molar-refractivity contribution in [2.45, 2.75) is 6.92 Å². The van der Waals surface area contributed by atoms with Gasteiger partial charge in [-0.1, -0.05) is 0 Å². The number of amides is 1. The van der Waals surface area contributed by atoms with E-state index in [1.165, 1.54) is 0 Å². The number of hydrogen-bond acceptors (Lipinski definition) is 4. The number of benzene rings is 2. The molecule has 0 saturated heterocycles. The summed E-state index contributed by atoms with van der Waals surface area (Å²) >= 11 is 2.21. The van der Waals surface area contributed by atoms with Gasteiger partial charge in [0.25, 0.3) is 5.91 Å². The first-order valence-corrected chi connectivity index (χ1v) is 8.02. The second-order valence-corrected chi connectivity index (χ2v) is 5.95. The summed E-state index contributed by atoms with van der Waals surface area (Å²) in [5, 5.41) is 4.07. The standard InChI is InChI=1S/C17H17IN2O3/c1-12(13-3-7-15(22-2)8-4-13)19-20-17(21)11-23-16-9-5-14(18)6-10-16/h3-10H,11H2,1-2H3,(H,20,21)/b19-12-. The van der Waals surface area contributed by atoms with Crippen LogP contribution in [-0.4, -0.2) is 25.3 Å². The van der Waals surface area contributed by atoms with Crippen LogP contribution in [0.2, 0.25) is 0 Å². The number of nitrogens with zero attached hydrogens (tertiary/aromatic N) is 1. The largest absolute Gasteiger partial charge is 0.497 e. The van der Waals surface area contributed by atoms with Crippen LogP contribution in [0, 0.1) is 3.57 Å². The van der Waals surface area contributed by atoms with Gasteiger partial charge in [-0.25, -0.2) is 5.43 Å². The van der Waals surface area contributed by atoms with E-state index in [0.717, 1.165) is 14.9 Å². The molecule has 0 aliphatic heterocycles. The number of carbonyl (C=O) groups excluding carboxylic acids is 1. The van der Waals surface area contributed by atoms with Gasteiger partial charge in [0.1, 0.15) is 11.5 Å². The van der Waals surface area contributed by atoms with Crippen molar-refractivity contribution < 1.29 is 14.3 Å². The van der Waals surface area contributed by atoms with Gasteiger partial charge >= 0.3 is 0 Å². The zero-order valence-electron chi connectivity index (χ0n) is 12.9. The molecule has 2 rings (SSSR count). The molecule has 0 aliphatic rings. The highest BCUT2D eigenvalue weighted by molar-refractivity contribution is 14.1. The Bertz CT molecular complexity index is 682. The Kier molecular flexibility index (Phi) is 6.40. The number of nitrogens with one attached hydrogen (secondary N) is 1. The van der Waals surface area contributed by atoms with Crippen molar-refractivity contribution in [3.8, 4) is 11.5 Å². The zero-order valence-corrected chi connectivity index (χ0v) is 15.0. The Morgan fingerprint density at radius 1 is 1.09 bits per heavy atom. The summed E-state index contributed by atoms with van der Waals surface area (Å²) in [5.41, 5.74) is 4.09. The number of hydrazone groups is 1. The second-order valence-electron chi connectivity index (χ2n) is 4.70. The summed E-state index contributed by atoms with van der Waals surface area (Å²) in [6.45, 7) is 1.74. The third kappa shape index (κ3) is 5.55. The minimum Gasteiger partial charge on any atom is -0.497 e. The first kappa shape index (κ1) is 17.3. The molecule has 0 radical (unpaired) electrons. The van der Waals surface area contributed by atoms with E-state index in [4.69, 9.17) is 9.47 Å². The van der Waals surface area contributed by atoms with Crippen LogP contribution in [0.1, 0.15) is 12.5 Å². The van der Waals surface area contributed by atoms with Crippen LogP contribution < -0.4 is 14.9 Å². The molecular weight excluding hydrogens is 407 g/mol. The van der Waals surface area contributed by atoms with E-state index in [-0.39, 0.29) is 12.5 Å². The molecule has 1 N–H and O–H groups in total. The summed E-state index contributed by atoms with van der Waals surface area (Å²) in [5.74, 6) is 1.12. The van der Waals surface area contributed by atoms with Crippen LogP contribution in [0.25, 0.3) is 0 Å². The molecule has 1 amide bonds. The van der Waals surface area contributed by atoms with E-state index < -0.39 is 0 Å². The Balaban J connectivity index is 1.85. The normalized spacial score (nSPS) is 11.0. The highest BCUT2D eigenvalue weighted by Gasteiger charge is 2.03. The molecule has 0 unspecified atom stereocenters. The number of hydrogen-bond donors (Lipinski definition) is 1. The van der Waals surface area contributed by atoms with E-state index >= 15 is 0 Å². The van der Waals surface area contributed by atoms with Gasteiger partial charge in [0.05, 0.1) is 12.8 Å². The molecule has 0 spiro atoms. The predicted octanol–water partition coefficient (Wildman–Crippen LogP) is 3.22. The van der Waals surface area contributed by atoms with E-state index in [0.29, 0.717) is 11.5 Å². The van der Waals surface area contributed by atoms with Gasteiger partial charge in [-0.2, -0.15) is 5.10 Å². The Morgan fingerprint density at radius 3 is 2.30 bits per heavy atom. The SMILES string of the molecule is COc1ccc(/C(C)=N\NC(=O)COc2ccc(I)cc2)cc1. The predicted molar refractivity (Wildman–Crippen MR) is 98.0 cm³/mol. The van der Waals surface area contributed by atoms with Crippen molar-refractivity contribution in [3.05, 3.63) is 57.7 Å². The Morgan fingerprint density at radius 2 is 1.70 bits per heavy atom. The second kappa shape index (κ2) is 8.52. The third-order valence-electron chi connectivity index (χ3n) is 3.04. The summed E-state index contributed by atoms with van der Waals surface area (Å²) in [7, 11) is 1.61. The molecule has 0 aromatic heterocycles. The van der Waals surface area contributed by atoms with E-state index in [1.54, 1.807) is 7.11 Å². The zero-order chi connectivity index (χ0) is 16.7. The summed E-state index contributed by atoms with van der Waals surface area (Å²) in [4.78, 5) is 11.8. The molecule has 0 saturated carbocycles. The first-order valence-electron chi connectivity index (χ1n) is 6.94. The van der Waals surface area contributed by atoms with Crippen molar-refractivity contribution in [2.75, 3.05) is 13.7 Å². The lowest BCUT2D eigenvalue weighted by molar-refractivity contribution is -0.123. The van der Waals surface area contributed by atoms with Crippen LogP contribution in [0.3, 0.4) is 0 Å². The molecule has 120 valence electrons. The van der Waals surface area contributed by atoms with Crippen molar-refractivity contribution in [3.63, 3.8) is 0 Å². The van der Waals surface area contributed by atoms with Gasteiger partial charge in [0, 0.05) is 3.57 Å². The van der Waals surface area contributed by atoms with Crippen LogP contribution in [0.4, 0.5) is 0 Å². The summed E-state index contributed by atoms with van der Waals surface area (Å²) in [6.07, 6.45) is 0. The number of halogens is 1. The number of ether oxygens (including phenoxy) is 2. The molecule has 0 atom stereocenters. The molecule has 2 aromatic rings. The molecule has 0 fully saturated rings. The molecule has 0 heterocycles. The number of carbonyl (C=O) groups is 1. The lowest BCUT2D eigenvalue weighted by Crippen LogP contribution is -2.25. The van der Waals surface area contributed by atoms with Crippen molar-refractivity contribution in [1.29, 1.82) is 0 Å². The molecule has 6 heteroatoms. The molecule has 0 aliphatic carbocycles. The number of methoxy groups -OCH3 is 1. The molecule has 5 nitrogen and oxygen atoms in total. The van der Waals surface area contributed by atoms with Gasteiger partial charge < -0.3 is 9.47 Å². The Labute approximate surface area is 148 Å². The van der Waals surface area contributed by atoms with E-state index in [1.807, 2.05) is 55.5 Å². The van der Waals surface area contributed by atoms with E-state index in [2.05, 4.69) is 33.1 Å². The van der Waals surface area contributed by atoms with E-state index in [9.17, 15) is 4.79 Å². The van der Waals surface area contributed by atoms with Gasteiger partial charge in [0.15, 0.2) is 6.61 Å². The number of rotatable bonds is 6. The lowest BCUT2D eigenvalue weighted by atomic mass is 10.1. The maximum absolute atomic E-state index is 11.8. The lowest BCUT2D eigenvalue weighted by Gasteiger charge is -2.06. The van der Waals surface area contributed by atoms with Crippen LogP contribution in [0.5, 0.6) is 11.5 Å². The maximum Gasteiger partial charge on any atom is 0.277 e. The average Bonchev–Trinajstić information content (AvgIpc) is 2.59. The topological polar surface area (TPSA) is 59.9 Å². The Hall–Kier alpha value is -2.09. The minimum atomic E-state index is -0.309. The molecule has 0 bridgehead atoms. The van der Waals surface area contributed by atoms with Gasteiger partial charge in [-0.05, 0) is 83.6 Å². The first-order chi connectivity index (χ1) is 11.1. The monoisotopic (exact) mass is 424 g/mol. The fourth-order valence-corrected chi connectivity index (χ4v) is 2.11. The summed E-state index contributed by atoms with van der Waals surface area (Å²) < 4.78 is 11.6. The van der Waals surface area contributed by atoms with Crippen molar-refractivity contribution in [1.82, 2.24) is 5.43 Å². The molecule has 2 aromatic carbocycles. The maximum atomic E-state index is 11.8. The van der Waals surface area contributed by atoms with Gasteiger partial charge in [-0.3, -0.25) is 4.79 Å². The van der Waals surface area contributed by atoms with Crippen LogP contribution in [-0.2, 0) is 4.79 Å². The van der Waals surface area contributed by atoms with Crippen LogP contribution >= 0.6 is 22.6 Å². The average molecular weight is 424 g/mol. The smallest absolute Gasteiger partial charge is 0.277 e. The highest BCUT2D eigenvalue weighted by atomic mass is 127. The van der Waals surface area contributed by atoms with Crippen molar-refractivity contribution >= 4 is 34.2 Å². The fourth-order valence-electron chi connectivity index (χ4n) is 1.75. The van der Waals surface area contributed by atoms with Crippen LogP contribution in [0.15, 0.2) is 53.6 Å². The molecule has 23 heavy (non-hydrogen) atoms. The fraction of sp³-hybridized carbons (Fsp3) is 0.176. The van der Waals surface area contributed by atoms with Gasteiger partial charge in [0.2, 0.25) is 0 Å². The minimum absolute atomic E-state index is 0.0833. The van der Waals surface area contributed by atoms with Crippen molar-refractivity contribution in [2.24, 2.45) is 5.10 Å². The highest BCUT2D eigenvalue weighted by Crippen LogP contribution is 2.13.